The molecule has 0 fully saturated rings. The van der Waals surface area contributed by atoms with Gasteiger partial charge in [-0.05, 0) is 13.3 Å². The zero-order valence-electron chi connectivity index (χ0n) is 9.71. The van der Waals surface area contributed by atoms with Gasteiger partial charge in [0.05, 0.1) is 23.5 Å². The summed E-state index contributed by atoms with van der Waals surface area (Å²) in [5.41, 5.74) is 2.76. The summed E-state index contributed by atoms with van der Waals surface area (Å²) >= 11 is 0. The summed E-state index contributed by atoms with van der Waals surface area (Å²) in [6.07, 6.45) is 4.67. The van der Waals surface area contributed by atoms with Crippen LogP contribution in [-0.2, 0) is 17.6 Å². The van der Waals surface area contributed by atoms with Gasteiger partial charge in [-0.1, -0.05) is 20.3 Å². The molecule has 1 heterocycles. The maximum Gasteiger partial charge on any atom is 0.138 e. The van der Waals surface area contributed by atoms with Crippen molar-refractivity contribution in [3.05, 3.63) is 23.3 Å². The standard InChI is InChI=1S/C12H18N2O/c1-4-6-11-12(7-10(15)5-2)13-8-9(3)14-11/h8H,4-7H2,1-3H3. The highest BCUT2D eigenvalue weighted by Gasteiger charge is 2.09. The van der Waals surface area contributed by atoms with Crippen molar-refractivity contribution in [3.63, 3.8) is 0 Å². The van der Waals surface area contributed by atoms with Gasteiger partial charge in [-0.2, -0.15) is 0 Å². The van der Waals surface area contributed by atoms with Gasteiger partial charge in [-0.3, -0.25) is 14.8 Å². The Labute approximate surface area is 91.0 Å². The molecule has 0 N–H and O–H groups in total. The van der Waals surface area contributed by atoms with Crippen LogP contribution >= 0.6 is 0 Å². The molecule has 1 aromatic rings. The van der Waals surface area contributed by atoms with Crippen molar-refractivity contribution in [2.45, 2.75) is 46.5 Å². The molecule has 0 aliphatic rings. The minimum Gasteiger partial charge on any atom is -0.299 e. The molecular formula is C12H18N2O. The third-order valence-electron chi connectivity index (χ3n) is 2.30. The molecule has 1 rings (SSSR count). The first-order valence-electron chi connectivity index (χ1n) is 5.50. The number of hydrogen-bond donors (Lipinski definition) is 0. The number of ketones is 1. The molecule has 0 radical (unpaired) electrons. The van der Waals surface area contributed by atoms with E-state index in [1.165, 1.54) is 0 Å². The van der Waals surface area contributed by atoms with E-state index in [1.54, 1.807) is 6.20 Å². The Bertz CT molecular complexity index is 347. The Morgan fingerprint density at radius 3 is 2.67 bits per heavy atom. The predicted octanol–water partition coefficient (Wildman–Crippen LogP) is 2.26. The summed E-state index contributed by atoms with van der Waals surface area (Å²) in [6, 6.07) is 0. The third-order valence-corrected chi connectivity index (χ3v) is 2.30. The molecular weight excluding hydrogens is 188 g/mol. The monoisotopic (exact) mass is 206 g/mol. The molecule has 3 nitrogen and oxygen atoms in total. The second-order valence-electron chi connectivity index (χ2n) is 3.72. The molecule has 0 aromatic carbocycles. The molecule has 0 saturated heterocycles. The number of rotatable bonds is 5. The minimum absolute atomic E-state index is 0.227. The lowest BCUT2D eigenvalue weighted by molar-refractivity contribution is -0.118. The predicted molar refractivity (Wildman–Crippen MR) is 59.8 cm³/mol. The van der Waals surface area contributed by atoms with E-state index >= 15 is 0 Å². The van der Waals surface area contributed by atoms with Crippen LogP contribution in [0.3, 0.4) is 0 Å². The fourth-order valence-corrected chi connectivity index (χ4v) is 1.45. The third kappa shape index (κ3) is 3.42. The highest BCUT2D eigenvalue weighted by Crippen LogP contribution is 2.08. The Kier molecular flexibility index (Phi) is 4.40. The molecule has 0 spiro atoms. The molecule has 0 unspecified atom stereocenters. The smallest absolute Gasteiger partial charge is 0.138 e. The van der Waals surface area contributed by atoms with Crippen molar-refractivity contribution in [2.24, 2.45) is 0 Å². The number of hydrogen-bond acceptors (Lipinski definition) is 3. The molecule has 0 bridgehead atoms. The van der Waals surface area contributed by atoms with Crippen LogP contribution in [0.2, 0.25) is 0 Å². The SMILES string of the molecule is CCCc1nc(C)cnc1CC(=O)CC. The summed E-state index contributed by atoms with van der Waals surface area (Å²) in [7, 11) is 0. The molecule has 0 atom stereocenters. The van der Waals surface area contributed by atoms with E-state index in [1.807, 2.05) is 13.8 Å². The van der Waals surface area contributed by atoms with E-state index in [9.17, 15) is 4.79 Å². The number of nitrogens with zero attached hydrogens (tertiary/aromatic N) is 2. The van der Waals surface area contributed by atoms with Gasteiger partial charge in [-0.25, -0.2) is 0 Å². The highest BCUT2D eigenvalue weighted by molar-refractivity contribution is 5.80. The van der Waals surface area contributed by atoms with Gasteiger partial charge in [0.2, 0.25) is 0 Å². The van der Waals surface area contributed by atoms with Crippen molar-refractivity contribution in [1.29, 1.82) is 0 Å². The Balaban J connectivity index is 2.89. The van der Waals surface area contributed by atoms with Crippen LogP contribution in [0.4, 0.5) is 0 Å². The van der Waals surface area contributed by atoms with E-state index in [0.29, 0.717) is 12.8 Å². The van der Waals surface area contributed by atoms with Crippen LogP contribution in [0, 0.1) is 6.92 Å². The Morgan fingerprint density at radius 1 is 1.33 bits per heavy atom. The summed E-state index contributed by atoms with van der Waals surface area (Å²) in [5, 5.41) is 0. The second kappa shape index (κ2) is 5.59. The summed E-state index contributed by atoms with van der Waals surface area (Å²) in [4.78, 5) is 20.1. The largest absolute Gasteiger partial charge is 0.299 e. The normalized spacial score (nSPS) is 10.3. The number of carbonyl (C=O) groups excluding carboxylic acids is 1. The average molecular weight is 206 g/mol. The molecule has 82 valence electrons. The zero-order valence-corrected chi connectivity index (χ0v) is 9.71. The summed E-state index contributed by atoms with van der Waals surface area (Å²) in [5.74, 6) is 0.227. The van der Waals surface area contributed by atoms with E-state index in [2.05, 4.69) is 16.9 Å². The van der Waals surface area contributed by atoms with Crippen molar-refractivity contribution in [3.8, 4) is 0 Å². The number of aryl methyl sites for hydroxylation is 2. The first-order valence-corrected chi connectivity index (χ1v) is 5.50. The van der Waals surface area contributed by atoms with Crippen molar-refractivity contribution in [2.75, 3.05) is 0 Å². The Hall–Kier alpha value is -1.25. The molecule has 0 amide bonds. The van der Waals surface area contributed by atoms with Crippen LogP contribution in [0.1, 0.15) is 43.8 Å². The quantitative estimate of drug-likeness (QED) is 0.742. The molecule has 15 heavy (non-hydrogen) atoms. The highest BCUT2D eigenvalue weighted by atomic mass is 16.1. The molecule has 1 aromatic heterocycles. The number of Topliss-reactive ketones (excluding diaryl/α,β-unsaturated/α-hetero) is 1. The maximum absolute atomic E-state index is 11.4. The van der Waals surface area contributed by atoms with E-state index in [0.717, 1.165) is 29.9 Å². The first-order chi connectivity index (χ1) is 7.17. The van der Waals surface area contributed by atoms with E-state index in [4.69, 9.17) is 0 Å². The van der Waals surface area contributed by atoms with Gasteiger partial charge in [0.25, 0.3) is 0 Å². The fourth-order valence-electron chi connectivity index (χ4n) is 1.45. The minimum atomic E-state index is 0.227. The Morgan fingerprint density at radius 2 is 2.07 bits per heavy atom. The lowest BCUT2D eigenvalue weighted by Crippen LogP contribution is -2.08. The van der Waals surface area contributed by atoms with Crippen LogP contribution < -0.4 is 0 Å². The van der Waals surface area contributed by atoms with Crippen molar-refractivity contribution in [1.82, 2.24) is 9.97 Å². The van der Waals surface area contributed by atoms with Gasteiger partial charge in [0.15, 0.2) is 0 Å². The van der Waals surface area contributed by atoms with Crippen molar-refractivity contribution < 1.29 is 4.79 Å². The van der Waals surface area contributed by atoms with Crippen LogP contribution in [-0.4, -0.2) is 15.8 Å². The second-order valence-corrected chi connectivity index (χ2v) is 3.72. The van der Waals surface area contributed by atoms with E-state index < -0.39 is 0 Å². The van der Waals surface area contributed by atoms with Gasteiger partial charge in [0.1, 0.15) is 5.78 Å². The van der Waals surface area contributed by atoms with Gasteiger partial charge < -0.3 is 0 Å². The summed E-state index contributed by atoms with van der Waals surface area (Å²) < 4.78 is 0. The maximum atomic E-state index is 11.4. The van der Waals surface area contributed by atoms with Crippen LogP contribution in [0.25, 0.3) is 0 Å². The van der Waals surface area contributed by atoms with Crippen LogP contribution in [0.5, 0.6) is 0 Å². The van der Waals surface area contributed by atoms with Crippen LogP contribution in [0.15, 0.2) is 6.20 Å². The lowest BCUT2D eigenvalue weighted by Gasteiger charge is -2.06. The van der Waals surface area contributed by atoms with E-state index in [-0.39, 0.29) is 5.78 Å². The first kappa shape index (κ1) is 11.8. The van der Waals surface area contributed by atoms with Gasteiger partial charge in [-0.15, -0.1) is 0 Å². The molecule has 0 saturated carbocycles. The van der Waals surface area contributed by atoms with Gasteiger partial charge in [0, 0.05) is 12.6 Å². The fraction of sp³-hybridized carbons (Fsp3) is 0.583. The number of aromatic nitrogens is 2. The summed E-state index contributed by atoms with van der Waals surface area (Å²) in [6.45, 7) is 5.91. The zero-order chi connectivity index (χ0) is 11.3. The molecule has 0 aliphatic heterocycles. The van der Waals surface area contributed by atoms with Gasteiger partial charge >= 0.3 is 0 Å². The van der Waals surface area contributed by atoms with Crippen molar-refractivity contribution >= 4 is 5.78 Å². The number of carbonyl (C=O) groups is 1. The topological polar surface area (TPSA) is 42.9 Å². The lowest BCUT2D eigenvalue weighted by atomic mass is 10.1. The molecule has 0 aliphatic carbocycles. The molecule has 3 heteroatoms. The average Bonchev–Trinajstić information content (AvgIpc) is 2.22.